The number of carbonyl (C=O) groups is 1. The lowest BCUT2D eigenvalue weighted by Gasteiger charge is -2.45. The largest absolute Gasteiger partial charge is 0.458 e. The maximum absolute atomic E-state index is 12.6. The van der Waals surface area contributed by atoms with Crippen LogP contribution in [0.1, 0.15) is 83.1 Å². The highest BCUT2D eigenvalue weighted by atomic mass is 16.6. The number of benzene rings is 1. The molecule has 1 aliphatic heterocycles. The van der Waals surface area contributed by atoms with E-state index in [0.29, 0.717) is 48.2 Å². The van der Waals surface area contributed by atoms with Crippen LogP contribution in [0.25, 0.3) is 0 Å². The molecule has 5 nitrogen and oxygen atoms in total. The van der Waals surface area contributed by atoms with Gasteiger partial charge < -0.3 is 20.1 Å². The summed E-state index contributed by atoms with van der Waals surface area (Å²) in [4.78, 5) is 12.6. The highest BCUT2D eigenvalue weighted by molar-refractivity contribution is 5.92. The zero-order chi connectivity index (χ0) is 29.3. The molecular formula is C36H48O5. The van der Waals surface area contributed by atoms with Gasteiger partial charge in [0.25, 0.3) is 0 Å². The van der Waals surface area contributed by atoms with Gasteiger partial charge in [0, 0.05) is 18.1 Å². The summed E-state index contributed by atoms with van der Waals surface area (Å²) in [7, 11) is 0. The van der Waals surface area contributed by atoms with Crippen LogP contribution in [0.5, 0.6) is 0 Å². The predicted octanol–water partition coefficient (Wildman–Crippen LogP) is 6.42. The molecule has 0 aromatic heterocycles. The summed E-state index contributed by atoms with van der Waals surface area (Å²) in [5.41, 5.74) is 4.98. The van der Waals surface area contributed by atoms with E-state index in [2.05, 4.69) is 51.3 Å². The number of rotatable bonds is 8. The zero-order valence-corrected chi connectivity index (χ0v) is 24.8. The van der Waals surface area contributed by atoms with Gasteiger partial charge in [0.05, 0.1) is 18.1 Å². The molecule has 1 aromatic carbocycles. The first-order chi connectivity index (χ1) is 19.7. The van der Waals surface area contributed by atoms with Gasteiger partial charge in [-0.1, -0.05) is 75.1 Å². The number of aliphatic hydroxyl groups excluding tert-OH is 3. The summed E-state index contributed by atoms with van der Waals surface area (Å²) in [5, 5.41) is 30.8. The fourth-order valence-corrected chi connectivity index (χ4v) is 8.86. The van der Waals surface area contributed by atoms with Crippen molar-refractivity contribution in [3.05, 3.63) is 83.5 Å². The van der Waals surface area contributed by atoms with Crippen LogP contribution < -0.4 is 0 Å². The molecule has 0 radical (unpaired) electrons. The normalized spacial score (nSPS) is 38.4. The zero-order valence-electron chi connectivity index (χ0n) is 24.8. The standard InChI is InChI=1S/C36H48O5/c1-22(20-32-33(24(3)35(40)41-32)26-10-6-5-7-11-26)29-16-17-30-25(12-8-18-36(29,30)4)14-15-27-21-31(38)28(13-9-19-37)34(39)23(27)2/h5-7,10-11,14-15,22,28-34,37-39H,2-3,8-9,12-13,16-21H2,1,4H3/b25-14+,27-15-/t22-,28+,29-,30+,31-,32+,33?,34-,36-/m1/s1. The van der Waals surface area contributed by atoms with E-state index in [4.69, 9.17) is 4.74 Å². The molecule has 9 atom stereocenters. The lowest BCUT2D eigenvalue weighted by atomic mass is 9.60. The number of carbonyl (C=O) groups excluding carboxylic acids is 1. The number of fused-ring (bicyclic) bond motifs is 1. The molecule has 41 heavy (non-hydrogen) atoms. The third-order valence-corrected chi connectivity index (χ3v) is 11.0. The van der Waals surface area contributed by atoms with Crippen LogP contribution in [0.15, 0.2) is 77.9 Å². The predicted molar refractivity (Wildman–Crippen MR) is 162 cm³/mol. The number of cyclic esters (lactones) is 1. The molecule has 3 N–H and O–H groups in total. The average molecular weight is 561 g/mol. The minimum absolute atomic E-state index is 0.0612. The van der Waals surface area contributed by atoms with Gasteiger partial charge in [-0.25, -0.2) is 4.79 Å². The van der Waals surface area contributed by atoms with Crippen LogP contribution in [-0.4, -0.2) is 46.2 Å². The van der Waals surface area contributed by atoms with Gasteiger partial charge in [0.2, 0.25) is 0 Å². The molecule has 0 bridgehead atoms. The molecule has 222 valence electrons. The van der Waals surface area contributed by atoms with Crippen molar-refractivity contribution in [2.45, 2.75) is 95.9 Å². The van der Waals surface area contributed by atoms with E-state index in [0.717, 1.165) is 36.8 Å². The highest BCUT2D eigenvalue weighted by Gasteiger charge is 2.52. The lowest BCUT2D eigenvalue weighted by molar-refractivity contribution is -0.139. The Morgan fingerprint density at radius 3 is 2.61 bits per heavy atom. The van der Waals surface area contributed by atoms with Crippen molar-refractivity contribution >= 4 is 5.97 Å². The van der Waals surface area contributed by atoms with Crippen molar-refractivity contribution in [3.8, 4) is 0 Å². The quantitative estimate of drug-likeness (QED) is 0.252. The fourth-order valence-electron chi connectivity index (χ4n) is 8.86. The van der Waals surface area contributed by atoms with Crippen LogP contribution in [0.2, 0.25) is 0 Å². The van der Waals surface area contributed by atoms with Gasteiger partial charge >= 0.3 is 5.97 Å². The Morgan fingerprint density at radius 2 is 1.88 bits per heavy atom. The molecule has 4 aliphatic rings. The van der Waals surface area contributed by atoms with Crippen molar-refractivity contribution < 1.29 is 24.9 Å². The second kappa shape index (κ2) is 12.4. The van der Waals surface area contributed by atoms with Gasteiger partial charge in [-0.15, -0.1) is 0 Å². The molecule has 5 heteroatoms. The van der Waals surface area contributed by atoms with Crippen molar-refractivity contribution in [2.75, 3.05) is 6.61 Å². The number of aliphatic hydroxyl groups is 3. The topological polar surface area (TPSA) is 87.0 Å². The van der Waals surface area contributed by atoms with Gasteiger partial charge in [-0.2, -0.15) is 0 Å². The Morgan fingerprint density at radius 1 is 1.12 bits per heavy atom. The first-order valence-corrected chi connectivity index (χ1v) is 15.7. The summed E-state index contributed by atoms with van der Waals surface area (Å²) in [6.07, 6.45) is 11.1. The molecule has 0 spiro atoms. The van der Waals surface area contributed by atoms with Crippen molar-refractivity contribution in [1.82, 2.24) is 0 Å². The van der Waals surface area contributed by atoms with Crippen LogP contribution in [0, 0.1) is 29.1 Å². The van der Waals surface area contributed by atoms with E-state index in [1.165, 1.54) is 18.4 Å². The third-order valence-electron chi connectivity index (χ3n) is 11.0. The molecule has 1 unspecified atom stereocenters. The van der Waals surface area contributed by atoms with E-state index < -0.39 is 12.2 Å². The molecule has 1 saturated heterocycles. The Kier molecular flexibility index (Phi) is 9.08. The summed E-state index contributed by atoms with van der Waals surface area (Å²) in [6, 6.07) is 10.2. The van der Waals surface area contributed by atoms with Crippen molar-refractivity contribution in [2.24, 2.45) is 29.1 Å². The minimum atomic E-state index is -0.774. The number of allylic oxidation sites excluding steroid dienone is 3. The van der Waals surface area contributed by atoms with E-state index in [9.17, 15) is 20.1 Å². The van der Waals surface area contributed by atoms with Gasteiger partial charge in [0.15, 0.2) is 0 Å². The molecule has 1 heterocycles. The molecule has 3 saturated carbocycles. The molecule has 3 aliphatic carbocycles. The fraction of sp³-hybridized carbons (Fsp3) is 0.583. The first kappa shape index (κ1) is 30.0. The Bertz CT molecular complexity index is 1200. The lowest BCUT2D eigenvalue weighted by Crippen LogP contribution is -2.38. The second-order valence-electron chi connectivity index (χ2n) is 13.4. The monoisotopic (exact) mass is 560 g/mol. The van der Waals surface area contributed by atoms with Gasteiger partial charge in [-0.05, 0) is 97.7 Å². The SMILES string of the molecule is C=C1C(=O)O[C@@H](C[C@@H](C)[C@H]2CC[C@H]3/C(=C/C=C4/C[C@@H](O)[C@H](CCCO)[C@H](O)C4=C)CCC[C@]23C)C1c1ccccc1. The Labute approximate surface area is 245 Å². The van der Waals surface area contributed by atoms with E-state index in [-0.39, 0.29) is 35.9 Å². The maximum atomic E-state index is 12.6. The second-order valence-corrected chi connectivity index (χ2v) is 13.4. The summed E-state index contributed by atoms with van der Waals surface area (Å²) in [6.45, 7) is 13.1. The summed E-state index contributed by atoms with van der Waals surface area (Å²) < 4.78 is 5.90. The molecular weight excluding hydrogens is 512 g/mol. The highest BCUT2D eigenvalue weighted by Crippen LogP contribution is 2.60. The van der Waals surface area contributed by atoms with Crippen LogP contribution in [0.4, 0.5) is 0 Å². The maximum Gasteiger partial charge on any atom is 0.334 e. The van der Waals surface area contributed by atoms with Crippen LogP contribution in [-0.2, 0) is 9.53 Å². The summed E-state index contributed by atoms with van der Waals surface area (Å²) in [5.74, 6) is 0.858. The minimum Gasteiger partial charge on any atom is -0.458 e. The number of esters is 1. The van der Waals surface area contributed by atoms with Gasteiger partial charge in [0.1, 0.15) is 6.10 Å². The Balaban J connectivity index is 1.30. The van der Waals surface area contributed by atoms with E-state index in [1.807, 2.05) is 18.2 Å². The number of ether oxygens (including phenoxy) is 1. The smallest absolute Gasteiger partial charge is 0.334 e. The summed E-state index contributed by atoms with van der Waals surface area (Å²) >= 11 is 0. The van der Waals surface area contributed by atoms with E-state index >= 15 is 0 Å². The average Bonchev–Trinajstić information content (AvgIpc) is 3.45. The first-order valence-electron chi connectivity index (χ1n) is 15.7. The van der Waals surface area contributed by atoms with Crippen molar-refractivity contribution in [3.63, 3.8) is 0 Å². The van der Waals surface area contributed by atoms with Gasteiger partial charge in [-0.3, -0.25) is 0 Å². The number of hydrogen-bond acceptors (Lipinski definition) is 5. The molecule has 5 rings (SSSR count). The van der Waals surface area contributed by atoms with Crippen LogP contribution >= 0.6 is 0 Å². The third kappa shape index (κ3) is 5.78. The Hall–Kier alpha value is -2.47. The molecule has 0 amide bonds. The number of hydrogen-bond donors (Lipinski definition) is 3. The molecule has 1 aromatic rings. The van der Waals surface area contributed by atoms with E-state index in [1.54, 1.807) is 0 Å². The molecule has 4 fully saturated rings. The van der Waals surface area contributed by atoms with Crippen LogP contribution in [0.3, 0.4) is 0 Å². The van der Waals surface area contributed by atoms with Crippen molar-refractivity contribution in [1.29, 1.82) is 0 Å².